The van der Waals surface area contributed by atoms with Crippen molar-refractivity contribution in [1.82, 2.24) is 0 Å². The van der Waals surface area contributed by atoms with Gasteiger partial charge in [0.1, 0.15) is 5.82 Å². The Morgan fingerprint density at radius 2 is 1.94 bits per heavy atom. The lowest BCUT2D eigenvalue weighted by atomic mass is 9.84. The number of halogens is 1. The molecule has 1 saturated carbocycles. The van der Waals surface area contributed by atoms with Crippen LogP contribution in [0.5, 0.6) is 0 Å². The Bertz CT molecular complexity index is 369. The van der Waals surface area contributed by atoms with Crippen molar-refractivity contribution in [2.24, 2.45) is 5.92 Å². The van der Waals surface area contributed by atoms with Crippen LogP contribution >= 0.6 is 0 Å². The summed E-state index contributed by atoms with van der Waals surface area (Å²) in [5.41, 5.74) is 2.07. The van der Waals surface area contributed by atoms with Crippen molar-refractivity contribution in [3.63, 3.8) is 0 Å². The molecule has 1 aromatic rings. The van der Waals surface area contributed by atoms with Gasteiger partial charge in [-0.1, -0.05) is 19.3 Å². The molecule has 94 valence electrons. The van der Waals surface area contributed by atoms with E-state index < -0.39 is 0 Å². The Morgan fingerprint density at radius 3 is 2.59 bits per heavy atom. The van der Waals surface area contributed by atoms with Gasteiger partial charge in [0.15, 0.2) is 0 Å². The Hall–Kier alpha value is -1.05. The monoisotopic (exact) mass is 235 g/mol. The molecule has 0 saturated heterocycles. The van der Waals surface area contributed by atoms with Gasteiger partial charge in [0, 0.05) is 11.7 Å². The summed E-state index contributed by atoms with van der Waals surface area (Å²) in [6, 6.07) is 5.46. The summed E-state index contributed by atoms with van der Waals surface area (Å²) in [6.45, 7) is 4.21. The third-order valence-corrected chi connectivity index (χ3v) is 3.93. The van der Waals surface area contributed by atoms with Crippen LogP contribution < -0.4 is 5.32 Å². The Morgan fingerprint density at radius 1 is 1.24 bits per heavy atom. The number of hydrogen-bond donors (Lipinski definition) is 1. The maximum Gasteiger partial charge on any atom is 0.123 e. The quantitative estimate of drug-likeness (QED) is 0.812. The van der Waals surface area contributed by atoms with Gasteiger partial charge in [0.25, 0.3) is 0 Å². The van der Waals surface area contributed by atoms with Gasteiger partial charge in [0.2, 0.25) is 0 Å². The maximum atomic E-state index is 13.0. The molecule has 1 aliphatic rings. The van der Waals surface area contributed by atoms with Crippen molar-refractivity contribution < 1.29 is 4.39 Å². The number of nitrogens with one attached hydrogen (secondary N) is 1. The zero-order valence-electron chi connectivity index (χ0n) is 10.8. The van der Waals surface area contributed by atoms with E-state index in [0.717, 1.165) is 17.2 Å². The summed E-state index contributed by atoms with van der Waals surface area (Å²) in [4.78, 5) is 0. The molecule has 0 bridgehead atoms. The fraction of sp³-hybridized carbons (Fsp3) is 0.600. The van der Waals surface area contributed by atoms with Gasteiger partial charge in [0.05, 0.1) is 0 Å². The lowest BCUT2D eigenvalue weighted by Crippen LogP contribution is -2.27. The van der Waals surface area contributed by atoms with E-state index >= 15 is 0 Å². The SMILES string of the molecule is Cc1cc(F)ccc1NC(C)C1CCCCC1. The van der Waals surface area contributed by atoms with Crippen molar-refractivity contribution in [2.75, 3.05) is 5.32 Å². The highest BCUT2D eigenvalue weighted by atomic mass is 19.1. The van der Waals surface area contributed by atoms with Crippen LogP contribution in [0.4, 0.5) is 10.1 Å². The first-order valence-corrected chi connectivity index (χ1v) is 6.69. The summed E-state index contributed by atoms with van der Waals surface area (Å²) >= 11 is 0. The molecule has 2 heteroatoms. The molecule has 2 rings (SSSR count). The summed E-state index contributed by atoms with van der Waals surface area (Å²) in [7, 11) is 0. The Balaban J connectivity index is 1.99. The molecular formula is C15H22FN. The van der Waals surface area contributed by atoms with Crippen LogP contribution in [0.1, 0.15) is 44.6 Å². The van der Waals surface area contributed by atoms with Crippen LogP contribution in [0.15, 0.2) is 18.2 Å². The molecule has 1 aromatic carbocycles. The third-order valence-electron chi connectivity index (χ3n) is 3.93. The molecule has 1 N–H and O–H groups in total. The molecule has 0 heterocycles. The minimum Gasteiger partial charge on any atom is -0.382 e. The number of anilines is 1. The average Bonchev–Trinajstić information content (AvgIpc) is 2.34. The van der Waals surface area contributed by atoms with Crippen LogP contribution in [0.3, 0.4) is 0 Å². The lowest BCUT2D eigenvalue weighted by molar-refractivity contribution is 0.328. The lowest BCUT2D eigenvalue weighted by Gasteiger charge is -2.29. The van der Waals surface area contributed by atoms with Crippen molar-refractivity contribution in [2.45, 2.75) is 52.0 Å². The first-order valence-electron chi connectivity index (χ1n) is 6.69. The fourth-order valence-corrected chi connectivity index (χ4v) is 2.79. The molecule has 0 radical (unpaired) electrons. The molecule has 1 unspecified atom stereocenters. The third kappa shape index (κ3) is 3.21. The van der Waals surface area contributed by atoms with Crippen LogP contribution in [-0.4, -0.2) is 6.04 Å². The average molecular weight is 235 g/mol. The van der Waals surface area contributed by atoms with E-state index in [0.29, 0.717) is 6.04 Å². The number of hydrogen-bond acceptors (Lipinski definition) is 1. The van der Waals surface area contributed by atoms with Crippen molar-refractivity contribution in [3.8, 4) is 0 Å². The van der Waals surface area contributed by atoms with Gasteiger partial charge in [-0.2, -0.15) is 0 Å². The highest BCUT2D eigenvalue weighted by Crippen LogP contribution is 2.28. The topological polar surface area (TPSA) is 12.0 Å². The van der Waals surface area contributed by atoms with Crippen molar-refractivity contribution in [3.05, 3.63) is 29.6 Å². The molecule has 1 atom stereocenters. The molecule has 0 spiro atoms. The van der Waals surface area contributed by atoms with Crippen LogP contribution in [-0.2, 0) is 0 Å². The minimum atomic E-state index is -0.154. The van der Waals surface area contributed by atoms with E-state index in [2.05, 4.69) is 12.2 Å². The normalized spacial score (nSPS) is 19.0. The zero-order valence-corrected chi connectivity index (χ0v) is 10.8. The highest BCUT2D eigenvalue weighted by molar-refractivity contribution is 5.51. The smallest absolute Gasteiger partial charge is 0.123 e. The summed E-state index contributed by atoms with van der Waals surface area (Å²) in [6.07, 6.45) is 6.76. The van der Waals surface area contributed by atoms with E-state index in [4.69, 9.17) is 0 Å². The largest absolute Gasteiger partial charge is 0.382 e. The maximum absolute atomic E-state index is 13.0. The molecule has 0 aliphatic heterocycles. The van der Waals surface area contributed by atoms with Crippen LogP contribution in [0, 0.1) is 18.7 Å². The van der Waals surface area contributed by atoms with E-state index in [1.807, 2.05) is 13.0 Å². The second kappa shape index (κ2) is 5.52. The standard InChI is InChI=1S/C15H22FN/c1-11-10-14(16)8-9-15(11)17-12(2)13-6-4-3-5-7-13/h8-10,12-13,17H,3-7H2,1-2H3. The van der Waals surface area contributed by atoms with E-state index in [1.54, 1.807) is 6.07 Å². The summed E-state index contributed by atoms with van der Waals surface area (Å²) in [5, 5.41) is 3.54. The summed E-state index contributed by atoms with van der Waals surface area (Å²) in [5.74, 6) is 0.617. The molecule has 0 aromatic heterocycles. The van der Waals surface area contributed by atoms with Crippen LogP contribution in [0.25, 0.3) is 0 Å². The predicted octanol–water partition coefficient (Wildman–Crippen LogP) is 4.51. The van der Waals surface area contributed by atoms with E-state index in [-0.39, 0.29) is 5.82 Å². The minimum absolute atomic E-state index is 0.154. The molecule has 1 fully saturated rings. The second-order valence-corrected chi connectivity index (χ2v) is 5.29. The van der Waals surface area contributed by atoms with Gasteiger partial charge >= 0.3 is 0 Å². The molecule has 17 heavy (non-hydrogen) atoms. The van der Waals surface area contributed by atoms with Crippen molar-refractivity contribution in [1.29, 1.82) is 0 Å². The van der Waals surface area contributed by atoms with Gasteiger partial charge < -0.3 is 5.32 Å². The van der Waals surface area contributed by atoms with Gasteiger partial charge in [-0.3, -0.25) is 0 Å². The molecule has 0 amide bonds. The second-order valence-electron chi connectivity index (χ2n) is 5.29. The van der Waals surface area contributed by atoms with Gasteiger partial charge in [-0.05, 0) is 56.4 Å². The van der Waals surface area contributed by atoms with Gasteiger partial charge in [-0.25, -0.2) is 4.39 Å². The number of rotatable bonds is 3. The zero-order chi connectivity index (χ0) is 12.3. The predicted molar refractivity (Wildman–Crippen MR) is 70.8 cm³/mol. The Labute approximate surface area is 103 Å². The van der Waals surface area contributed by atoms with Gasteiger partial charge in [-0.15, -0.1) is 0 Å². The van der Waals surface area contributed by atoms with E-state index in [9.17, 15) is 4.39 Å². The highest BCUT2D eigenvalue weighted by Gasteiger charge is 2.20. The fourth-order valence-electron chi connectivity index (χ4n) is 2.79. The first kappa shape index (κ1) is 12.4. The molecular weight excluding hydrogens is 213 g/mol. The van der Waals surface area contributed by atoms with E-state index in [1.165, 1.54) is 38.2 Å². The molecule has 1 aliphatic carbocycles. The number of benzene rings is 1. The first-order chi connectivity index (χ1) is 8.16. The number of aryl methyl sites for hydroxylation is 1. The molecule has 1 nitrogen and oxygen atoms in total. The Kier molecular flexibility index (Phi) is 4.03. The van der Waals surface area contributed by atoms with Crippen molar-refractivity contribution >= 4 is 5.69 Å². The summed E-state index contributed by atoms with van der Waals surface area (Å²) < 4.78 is 13.0. The van der Waals surface area contributed by atoms with Crippen LogP contribution in [0.2, 0.25) is 0 Å².